The number of carbonyl (C=O) groups is 1. The second kappa shape index (κ2) is 7.48. The predicted octanol–water partition coefficient (Wildman–Crippen LogP) is 5.18. The lowest BCUT2D eigenvalue weighted by atomic mass is 9.80. The van der Waals surface area contributed by atoms with Gasteiger partial charge in [0.15, 0.2) is 0 Å². The van der Waals surface area contributed by atoms with E-state index >= 15 is 0 Å². The van der Waals surface area contributed by atoms with Gasteiger partial charge in [-0.3, -0.25) is 0 Å². The van der Waals surface area contributed by atoms with Gasteiger partial charge in [0, 0.05) is 30.3 Å². The molecule has 0 radical (unpaired) electrons. The van der Waals surface area contributed by atoms with Gasteiger partial charge in [0.1, 0.15) is 5.83 Å². The van der Waals surface area contributed by atoms with Crippen molar-refractivity contribution < 1.29 is 13.9 Å². The summed E-state index contributed by atoms with van der Waals surface area (Å²) >= 11 is 0. The van der Waals surface area contributed by atoms with Gasteiger partial charge in [0.25, 0.3) is 0 Å². The highest BCUT2D eigenvalue weighted by atomic mass is 19.1. The molecule has 1 aromatic carbocycles. The van der Waals surface area contributed by atoms with Crippen LogP contribution in [0.5, 0.6) is 0 Å². The van der Waals surface area contributed by atoms with Crippen LogP contribution >= 0.6 is 0 Å². The fourth-order valence-corrected chi connectivity index (χ4v) is 3.27. The van der Waals surface area contributed by atoms with Crippen molar-refractivity contribution in [2.45, 2.75) is 46.1 Å². The molecular weight excluding hydrogens is 329 g/mol. The molecule has 0 N–H and O–H groups in total. The molecule has 140 valence electrons. The molecule has 0 fully saturated rings. The van der Waals surface area contributed by atoms with Gasteiger partial charge in [0.2, 0.25) is 0 Å². The molecule has 26 heavy (non-hydrogen) atoms. The molecular formula is C22H28FNO2. The van der Waals surface area contributed by atoms with Crippen molar-refractivity contribution in [3.63, 3.8) is 0 Å². The van der Waals surface area contributed by atoms with Crippen molar-refractivity contribution in [3.8, 4) is 0 Å². The molecule has 1 aliphatic heterocycles. The van der Waals surface area contributed by atoms with E-state index in [1.807, 2.05) is 6.07 Å². The Balaban J connectivity index is 2.34. The third kappa shape index (κ3) is 3.74. The molecule has 1 heterocycles. The first-order valence-corrected chi connectivity index (χ1v) is 8.78. The Morgan fingerprint density at radius 2 is 1.92 bits per heavy atom. The van der Waals surface area contributed by atoms with Crippen molar-refractivity contribution in [1.82, 2.24) is 0 Å². The van der Waals surface area contributed by atoms with E-state index in [1.54, 1.807) is 19.9 Å². The van der Waals surface area contributed by atoms with Crippen molar-refractivity contribution in [3.05, 3.63) is 59.0 Å². The van der Waals surface area contributed by atoms with Crippen molar-refractivity contribution in [1.29, 1.82) is 0 Å². The first-order valence-electron chi connectivity index (χ1n) is 8.78. The van der Waals surface area contributed by atoms with E-state index in [-0.39, 0.29) is 11.2 Å². The van der Waals surface area contributed by atoms with E-state index in [0.29, 0.717) is 17.2 Å². The van der Waals surface area contributed by atoms with Crippen LogP contribution in [0.15, 0.2) is 47.8 Å². The van der Waals surface area contributed by atoms with Crippen molar-refractivity contribution in [2.75, 3.05) is 19.1 Å². The first-order chi connectivity index (χ1) is 12.1. The number of anilines is 1. The van der Waals surface area contributed by atoms with Crippen LogP contribution in [-0.4, -0.2) is 26.2 Å². The number of benzene rings is 1. The van der Waals surface area contributed by atoms with Gasteiger partial charge in [-0.25, -0.2) is 9.18 Å². The molecule has 0 saturated carbocycles. The van der Waals surface area contributed by atoms with Crippen LogP contribution in [0.3, 0.4) is 0 Å². The van der Waals surface area contributed by atoms with Gasteiger partial charge < -0.3 is 9.64 Å². The third-order valence-electron chi connectivity index (χ3n) is 5.53. The first kappa shape index (κ1) is 20.0. The van der Waals surface area contributed by atoms with Gasteiger partial charge >= 0.3 is 5.97 Å². The van der Waals surface area contributed by atoms with Crippen LogP contribution in [0.2, 0.25) is 0 Å². The molecule has 0 amide bonds. The number of carbonyl (C=O) groups excluding carboxylic acids is 1. The van der Waals surface area contributed by atoms with Gasteiger partial charge in [-0.2, -0.15) is 0 Å². The Bertz CT molecular complexity index is 802. The number of fused-ring (bicyclic) bond motifs is 1. The summed E-state index contributed by atoms with van der Waals surface area (Å²) in [5.74, 6) is -0.771. The van der Waals surface area contributed by atoms with Crippen LogP contribution in [0, 0.1) is 0 Å². The molecule has 0 bridgehead atoms. The van der Waals surface area contributed by atoms with E-state index < -0.39 is 5.97 Å². The maximum atomic E-state index is 14.6. The van der Waals surface area contributed by atoms with Gasteiger partial charge in [-0.05, 0) is 61.3 Å². The SMILES string of the molecule is COC(=O)C=C(C)C=CC(F)=C(C)c1ccc2c(c1)C(C)(C)C(C)N2C. The van der Waals surface area contributed by atoms with E-state index in [2.05, 4.69) is 49.6 Å². The maximum absolute atomic E-state index is 14.6. The van der Waals surface area contributed by atoms with Crippen LogP contribution in [0.4, 0.5) is 10.1 Å². The van der Waals surface area contributed by atoms with E-state index in [9.17, 15) is 9.18 Å². The number of nitrogens with zero attached hydrogens (tertiary/aromatic N) is 1. The van der Waals surface area contributed by atoms with Gasteiger partial charge in [-0.15, -0.1) is 0 Å². The predicted molar refractivity (Wildman–Crippen MR) is 106 cm³/mol. The number of esters is 1. The zero-order valence-electron chi connectivity index (χ0n) is 16.7. The highest BCUT2D eigenvalue weighted by molar-refractivity contribution is 5.83. The van der Waals surface area contributed by atoms with Gasteiger partial charge in [-0.1, -0.05) is 26.0 Å². The molecule has 1 aliphatic rings. The fourth-order valence-electron chi connectivity index (χ4n) is 3.27. The average molecular weight is 357 g/mol. The van der Waals surface area contributed by atoms with Crippen LogP contribution in [0.25, 0.3) is 5.57 Å². The largest absolute Gasteiger partial charge is 0.466 e. The minimum Gasteiger partial charge on any atom is -0.466 e. The summed E-state index contributed by atoms with van der Waals surface area (Å²) in [6.45, 7) is 10.2. The van der Waals surface area contributed by atoms with E-state index in [4.69, 9.17) is 0 Å². The number of rotatable bonds is 4. The Morgan fingerprint density at radius 1 is 1.27 bits per heavy atom. The molecule has 0 aromatic heterocycles. The lowest BCUT2D eigenvalue weighted by molar-refractivity contribution is -0.134. The van der Waals surface area contributed by atoms with Crippen molar-refractivity contribution in [2.24, 2.45) is 0 Å². The molecule has 4 heteroatoms. The maximum Gasteiger partial charge on any atom is 0.330 e. The number of ether oxygens (including phenoxy) is 1. The summed E-state index contributed by atoms with van der Waals surface area (Å²) in [4.78, 5) is 13.5. The normalized spacial score (nSPS) is 20.2. The number of methoxy groups -OCH3 is 1. The Morgan fingerprint density at radius 3 is 2.54 bits per heavy atom. The standard InChI is InChI=1S/C22H28FNO2/c1-14(12-21(25)26-7)8-10-19(23)15(2)17-9-11-20-18(13-17)22(4,5)16(3)24(20)6/h8-13,16H,1-7H3. The summed E-state index contributed by atoms with van der Waals surface area (Å²) in [6.07, 6.45) is 4.29. The van der Waals surface area contributed by atoms with Crippen LogP contribution in [-0.2, 0) is 14.9 Å². The Hall–Kier alpha value is -2.36. The number of hydrogen-bond donors (Lipinski definition) is 0. The zero-order valence-corrected chi connectivity index (χ0v) is 16.7. The van der Waals surface area contributed by atoms with Crippen molar-refractivity contribution >= 4 is 17.2 Å². The molecule has 1 atom stereocenters. The number of likely N-dealkylation sites (N-methyl/N-ethyl adjacent to an activating group) is 1. The smallest absolute Gasteiger partial charge is 0.330 e. The van der Waals surface area contributed by atoms with Crippen LogP contribution in [0.1, 0.15) is 45.7 Å². The second-order valence-corrected chi connectivity index (χ2v) is 7.46. The fraction of sp³-hybridized carbons (Fsp3) is 0.409. The molecule has 0 spiro atoms. The molecule has 1 aromatic rings. The summed E-state index contributed by atoms with van der Waals surface area (Å²) in [7, 11) is 3.41. The average Bonchev–Trinajstić information content (AvgIpc) is 2.79. The number of halogens is 1. The summed E-state index contributed by atoms with van der Waals surface area (Å²) < 4.78 is 19.2. The summed E-state index contributed by atoms with van der Waals surface area (Å²) in [5.41, 5.74) is 4.52. The van der Waals surface area contributed by atoms with Crippen LogP contribution < -0.4 is 4.90 Å². The number of hydrogen-bond acceptors (Lipinski definition) is 3. The molecule has 1 unspecified atom stereocenters. The lowest BCUT2D eigenvalue weighted by Gasteiger charge is -2.28. The second-order valence-electron chi connectivity index (χ2n) is 7.46. The summed E-state index contributed by atoms with van der Waals surface area (Å²) in [6, 6.07) is 6.50. The monoisotopic (exact) mass is 357 g/mol. The minimum atomic E-state index is -0.452. The molecule has 0 aliphatic carbocycles. The highest BCUT2D eigenvalue weighted by Crippen LogP contribution is 2.45. The lowest BCUT2D eigenvalue weighted by Crippen LogP contribution is -2.36. The molecule has 0 saturated heterocycles. The topological polar surface area (TPSA) is 29.5 Å². The zero-order chi connectivity index (χ0) is 19.6. The Labute approximate surface area is 155 Å². The van der Waals surface area contributed by atoms with Gasteiger partial charge in [0.05, 0.1) is 7.11 Å². The third-order valence-corrected chi connectivity index (χ3v) is 5.53. The Kier molecular flexibility index (Phi) is 5.74. The molecule has 3 nitrogen and oxygen atoms in total. The van der Waals surface area contributed by atoms with E-state index in [0.717, 1.165) is 5.56 Å². The highest BCUT2D eigenvalue weighted by Gasteiger charge is 2.40. The number of allylic oxidation sites excluding steroid dienone is 5. The van der Waals surface area contributed by atoms with E-state index in [1.165, 1.54) is 30.5 Å². The minimum absolute atomic E-state index is 0.00648. The quantitative estimate of drug-likeness (QED) is 0.422. The molecule has 2 rings (SSSR count). The summed E-state index contributed by atoms with van der Waals surface area (Å²) in [5, 5.41) is 0.